The van der Waals surface area contributed by atoms with Gasteiger partial charge < -0.3 is 9.88 Å². The molecule has 3 nitrogen and oxygen atoms in total. The number of amides is 1. The number of hydrogen-bond donors (Lipinski definition) is 1. The number of nitrogens with one attached hydrogen (secondary N) is 1. The van der Waals surface area contributed by atoms with Gasteiger partial charge in [-0.1, -0.05) is 37.3 Å². The van der Waals surface area contributed by atoms with Gasteiger partial charge in [-0.15, -0.1) is 0 Å². The average molecular weight is 338 g/mol. The molecule has 0 saturated heterocycles. The Labute approximate surface area is 147 Å². The standard InChI is InChI=1S/C21H23FN2O/c1-3-11-24(14-16-7-5-4-6-8-16)21(25)13-18-15(2)23-20-10-9-17(22)12-19(18)20/h4-10,12,23H,3,11,13-14H2,1-2H3. The Morgan fingerprint density at radius 1 is 1.16 bits per heavy atom. The van der Waals surface area contributed by atoms with Gasteiger partial charge in [0, 0.05) is 29.7 Å². The molecular formula is C21H23FN2O. The summed E-state index contributed by atoms with van der Waals surface area (Å²) in [6.07, 6.45) is 1.18. The molecule has 25 heavy (non-hydrogen) atoms. The van der Waals surface area contributed by atoms with Gasteiger partial charge in [0.2, 0.25) is 5.91 Å². The number of benzene rings is 2. The summed E-state index contributed by atoms with van der Waals surface area (Å²) in [5.74, 6) is -0.214. The number of rotatable bonds is 6. The van der Waals surface area contributed by atoms with Crippen molar-refractivity contribution in [1.29, 1.82) is 0 Å². The number of carbonyl (C=O) groups excluding carboxylic acids is 1. The topological polar surface area (TPSA) is 36.1 Å². The van der Waals surface area contributed by atoms with Crippen molar-refractivity contribution in [2.45, 2.75) is 33.2 Å². The van der Waals surface area contributed by atoms with E-state index in [9.17, 15) is 9.18 Å². The number of hydrogen-bond acceptors (Lipinski definition) is 1. The van der Waals surface area contributed by atoms with Crippen LogP contribution in [0.4, 0.5) is 4.39 Å². The molecule has 0 spiro atoms. The molecule has 0 atom stereocenters. The van der Waals surface area contributed by atoms with Crippen molar-refractivity contribution in [1.82, 2.24) is 9.88 Å². The van der Waals surface area contributed by atoms with Crippen molar-refractivity contribution < 1.29 is 9.18 Å². The van der Waals surface area contributed by atoms with Crippen molar-refractivity contribution in [3.63, 3.8) is 0 Å². The smallest absolute Gasteiger partial charge is 0.227 e. The van der Waals surface area contributed by atoms with Gasteiger partial charge in [-0.05, 0) is 42.7 Å². The predicted molar refractivity (Wildman–Crippen MR) is 98.8 cm³/mol. The van der Waals surface area contributed by atoms with E-state index in [-0.39, 0.29) is 18.1 Å². The minimum absolute atomic E-state index is 0.0685. The number of H-pyrrole nitrogens is 1. The first-order chi connectivity index (χ1) is 12.1. The van der Waals surface area contributed by atoms with Crippen molar-refractivity contribution in [2.75, 3.05) is 6.54 Å². The normalized spacial score (nSPS) is 11.0. The number of aromatic nitrogens is 1. The van der Waals surface area contributed by atoms with Gasteiger partial charge in [0.05, 0.1) is 6.42 Å². The van der Waals surface area contributed by atoms with E-state index >= 15 is 0 Å². The summed E-state index contributed by atoms with van der Waals surface area (Å²) in [5, 5.41) is 0.794. The largest absolute Gasteiger partial charge is 0.358 e. The van der Waals surface area contributed by atoms with Gasteiger partial charge in [0.25, 0.3) is 0 Å². The maximum atomic E-state index is 13.6. The van der Waals surface area contributed by atoms with Gasteiger partial charge in [-0.2, -0.15) is 0 Å². The number of aryl methyl sites for hydroxylation is 1. The lowest BCUT2D eigenvalue weighted by Gasteiger charge is -2.22. The summed E-state index contributed by atoms with van der Waals surface area (Å²) in [6, 6.07) is 14.7. The van der Waals surface area contributed by atoms with Crippen molar-refractivity contribution in [3.05, 3.63) is 71.2 Å². The summed E-state index contributed by atoms with van der Waals surface area (Å²) >= 11 is 0. The van der Waals surface area contributed by atoms with Crippen LogP contribution in [0.15, 0.2) is 48.5 Å². The first-order valence-corrected chi connectivity index (χ1v) is 8.67. The molecule has 0 unspecified atom stereocenters. The van der Waals surface area contributed by atoms with E-state index in [1.165, 1.54) is 12.1 Å². The van der Waals surface area contributed by atoms with Gasteiger partial charge in [-0.3, -0.25) is 4.79 Å². The van der Waals surface area contributed by atoms with Crippen LogP contribution in [-0.2, 0) is 17.8 Å². The van der Waals surface area contributed by atoms with Crippen molar-refractivity contribution in [3.8, 4) is 0 Å². The zero-order valence-electron chi connectivity index (χ0n) is 14.7. The fourth-order valence-corrected chi connectivity index (χ4v) is 3.21. The second kappa shape index (κ2) is 7.51. The van der Waals surface area contributed by atoms with E-state index < -0.39 is 0 Å². The third-order valence-corrected chi connectivity index (χ3v) is 4.47. The molecule has 3 rings (SSSR count). The lowest BCUT2D eigenvalue weighted by molar-refractivity contribution is -0.131. The fourth-order valence-electron chi connectivity index (χ4n) is 3.21. The van der Waals surface area contributed by atoms with Gasteiger partial charge >= 0.3 is 0 Å². The molecule has 0 radical (unpaired) electrons. The van der Waals surface area contributed by atoms with Crippen LogP contribution in [0.5, 0.6) is 0 Å². The highest BCUT2D eigenvalue weighted by atomic mass is 19.1. The quantitative estimate of drug-likeness (QED) is 0.701. The van der Waals surface area contributed by atoms with Crippen LogP contribution in [0.2, 0.25) is 0 Å². The highest BCUT2D eigenvalue weighted by molar-refractivity contribution is 5.90. The van der Waals surface area contributed by atoms with Crippen LogP contribution >= 0.6 is 0 Å². The van der Waals surface area contributed by atoms with Crippen molar-refractivity contribution >= 4 is 16.8 Å². The molecule has 0 aliphatic heterocycles. The monoisotopic (exact) mass is 338 g/mol. The van der Waals surface area contributed by atoms with E-state index in [0.717, 1.165) is 34.1 Å². The maximum absolute atomic E-state index is 13.6. The SMILES string of the molecule is CCCN(Cc1ccccc1)C(=O)Cc1c(C)[nH]c2ccc(F)cc12. The van der Waals surface area contributed by atoms with Crippen LogP contribution in [0, 0.1) is 12.7 Å². The number of fused-ring (bicyclic) bond motifs is 1. The molecule has 0 saturated carbocycles. The Balaban J connectivity index is 1.84. The Morgan fingerprint density at radius 2 is 1.92 bits per heavy atom. The van der Waals surface area contributed by atoms with Crippen LogP contribution < -0.4 is 0 Å². The summed E-state index contributed by atoms with van der Waals surface area (Å²) in [6.45, 7) is 5.31. The Kier molecular flexibility index (Phi) is 5.17. The van der Waals surface area contributed by atoms with E-state index in [1.54, 1.807) is 6.07 Å². The second-order valence-electron chi connectivity index (χ2n) is 6.40. The number of carbonyl (C=O) groups is 1. The third-order valence-electron chi connectivity index (χ3n) is 4.47. The molecule has 1 heterocycles. The maximum Gasteiger partial charge on any atom is 0.227 e. The first-order valence-electron chi connectivity index (χ1n) is 8.67. The Bertz CT molecular complexity index is 870. The molecule has 4 heteroatoms. The Morgan fingerprint density at radius 3 is 2.64 bits per heavy atom. The van der Waals surface area contributed by atoms with E-state index in [2.05, 4.69) is 11.9 Å². The number of nitrogens with zero attached hydrogens (tertiary/aromatic N) is 1. The zero-order valence-corrected chi connectivity index (χ0v) is 14.7. The minimum Gasteiger partial charge on any atom is -0.358 e. The van der Waals surface area contributed by atoms with Gasteiger partial charge in [0.15, 0.2) is 0 Å². The number of halogens is 1. The fraction of sp³-hybridized carbons (Fsp3) is 0.286. The zero-order chi connectivity index (χ0) is 17.8. The molecule has 0 aliphatic rings. The van der Waals surface area contributed by atoms with Gasteiger partial charge in [0.1, 0.15) is 5.82 Å². The lowest BCUT2D eigenvalue weighted by atomic mass is 10.1. The van der Waals surface area contributed by atoms with E-state index in [4.69, 9.17) is 0 Å². The molecule has 130 valence electrons. The van der Waals surface area contributed by atoms with Crippen LogP contribution in [0.3, 0.4) is 0 Å². The number of aromatic amines is 1. The molecule has 3 aromatic rings. The molecule has 0 fully saturated rings. The molecule has 2 aromatic carbocycles. The van der Waals surface area contributed by atoms with E-state index in [0.29, 0.717) is 13.1 Å². The van der Waals surface area contributed by atoms with E-state index in [1.807, 2.05) is 42.2 Å². The van der Waals surface area contributed by atoms with Crippen LogP contribution in [0.25, 0.3) is 10.9 Å². The highest BCUT2D eigenvalue weighted by Gasteiger charge is 2.18. The Hall–Kier alpha value is -2.62. The first kappa shape index (κ1) is 17.2. The molecule has 0 bridgehead atoms. The summed E-state index contributed by atoms with van der Waals surface area (Å²) in [7, 11) is 0. The molecular weight excluding hydrogens is 315 g/mol. The molecule has 1 amide bonds. The van der Waals surface area contributed by atoms with Crippen molar-refractivity contribution in [2.24, 2.45) is 0 Å². The molecule has 1 N–H and O–H groups in total. The van der Waals surface area contributed by atoms with Crippen LogP contribution in [-0.4, -0.2) is 22.3 Å². The van der Waals surface area contributed by atoms with Gasteiger partial charge in [-0.25, -0.2) is 4.39 Å². The molecule has 1 aromatic heterocycles. The average Bonchev–Trinajstić information content (AvgIpc) is 2.90. The summed E-state index contributed by atoms with van der Waals surface area (Å²) < 4.78 is 13.6. The minimum atomic E-state index is -0.283. The summed E-state index contributed by atoms with van der Waals surface area (Å²) in [4.78, 5) is 18.0. The highest BCUT2D eigenvalue weighted by Crippen LogP contribution is 2.24. The second-order valence-corrected chi connectivity index (χ2v) is 6.40. The molecule has 0 aliphatic carbocycles. The third kappa shape index (κ3) is 3.90. The summed E-state index contributed by atoms with van der Waals surface area (Å²) in [5.41, 5.74) is 3.79. The lowest BCUT2D eigenvalue weighted by Crippen LogP contribution is -2.32. The predicted octanol–water partition coefficient (Wildman–Crippen LogP) is 4.60. The van der Waals surface area contributed by atoms with Crippen LogP contribution in [0.1, 0.15) is 30.2 Å².